The molecule has 0 saturated carbocycles. The first-order chi connectivity index (χ1) is 10.1. The molecule has 0 aliphatic rings. The molecule has 7 nitrogen and oxygen atoms in total. The van der Waals surface area contributed by atoms with Crippen molar-refractivity contribution >= 4 is 17.3 Å². The number of hydrogen-bond acceptors (Lipinski definition) is 5. The minimum absolute atomic E-state index is 0.0480. The fourth-order valence-corrected chi connectivity index (χ4v) is 1.65. The molecule has 0 bridgehead atoms. The largest absolute Gasteiger partial charge is 0.467 e. The molecule has 21 heavy (non-hydrogen) atoms. The summed E-state index contributed by atoms with van der Waals surface area (Å²) in [5.41, 5.74) is -0.344. The zero-order chi connectivity index (χ0) is 15.2. The van der Waals surface area contributed by atoms with Crippen molar-refractivity contribution in [3.8, 4) is 0 Å². The molecule has 2 rings (SSSR count). The second kappa shape index (κ2) is 6.51. The van der Waals surface area contributed by atoms with Gasteiger partial charge in [0.1, 0.15) is 17.3 Å². The molecular weight excluding hydrogens is 281 g/mol. The van der Waals surface area contributed by atoms with Gasteiger partial charge in [-0.25, -0.2) is 4.39 Å². The second-order valence-electron chi connectivity index (χ2n) is 4.13. The zero-order valence-corrected chi connectivity index (χ0v) is 10.8. The number of furan rings is 1. The third-order valence-electron chi connectivity index (χ3n) is 2.63. The van der Waals surface area contributed by atoms with E-state index in [0.717, 1.165) is 18.2 Å². The Kier molecular flexibility index (Phi) is 4.50. The van der Waals surface area contributed by atoms with Gasteiger partial charge in [0.05, 0.1) is 24.3 Å². The molecule has 0 saturated heterocycles. The summed E-state index contributed by atoms with van der Waals surface area (Å²) in [5, 5.41) is 15.9. The lowest BCUT2D eigenvalue weighted by Gasteiger charge is -2.07. The SMILES string of the molecule is O=C(CNc1cc(F)ccc1[N+](=O)[O-])NCc1ccco1. The number of halogens is 1. The average molecular weight is 293 g/mol. The Morgan fingerprint density at radius 1 is 1.38 bits per heavy atom. The summed E-state index contributed by atoms with van der Waals surface area (Å²) >= 11 is 0. The van der Waals surface area contributed by atoms with Crippen LogP contribution < -0.4 is 10.6 Å². The van der Waals surface area contributed by atoms with Crippen LogP contribution in [-0.4, -0.2) is 17.4 Å². The Hall–Kier alpha value is -2.90. The van der Waals surface area contributed by atoms with Gasteiger partial charge in [-0.3, -0.25) is 14.9 Å². The van der Waals surface area contributed by atoms with E-state index in [2.05, 4.69) is 10.6 Å². The molecular formula is C13H12FN3O4. The van der Waals surface area contributed by atoms with E-state index in [-0.39, 0.29) is 24.5 Å². The number of anilines is 1. The Morgan fingerprint density at radius 2 is 2.19 bits per heavy atom. The molecule has 0 fully saturated rings. The van der Waals surface area contributed by atoms with E-state index in [1.54, 1.807) is 12.1 Å². The minimum atomic E-state index is -0.650. The summed E-state index contributed by atoms with van der Waals surface area (Å²) in [6.45, 7) is -0.0102. The summed E-state index contributed by atoms with van der Waals surface area (Å²) in [6.07, 6.45) is 1.48. The van der Waals surface area contributed by atoms with Crippen molar-refractivity contribution in [3.05, 3.63) is 58.3 Å². The third-order valence-corrected chi connectivity index (χ3v) is 2.63. The lowest BCUT2D eigenvalue weighted by Crippen LogP contribution is -2.29. The summed E-state index contributed by atoms with van der Waals surface area (Å²) in [6, 6.07) is 6.39. The molecule has 1 aromatic carbocycles. The van der Waals surface area contributed by atoms with E-state index in [1.165, 1.54) is 6.26 Å². The van der Waals surface area contributed by atoms with Crippen molar-refractivity contribution in [2.45, 2.75) is 6.54 Å². The van der Waals surface area contributed by atoms with Crippen LogP contribution in [0.1, 0.15) is 5.76 Å². The monoisotopic (exact) mass is 293 g/mol. The number of carbonyl (C=O) groups excluding carboxylic acids is 1. The number of carbonyl (C=O) groups is 1. The van der Waals surface area contributed by atoms with Crippen molar-refractivity contribution in [2.24, 2.45) is 0 Å². The van der Waals surface area contributed by atoms with Crippen LogP contribution in [0.2, 0.25) is 0 Å². The van der Waals surface area contributed by atoms with E-state index in [0.29, 0.717) is 5.76 Å². The van der Waals surface area contributed by atoms with E-state index in [9.17, 15) is 19.3 Å². The molecule has 1 heterocycles. The number of hydrogen-bond donors (Lipinski definition) is 2. The first kappa shape index (κ1) is 14.5. The topological polar surface area (TPSA) is 97.4 Å². The Balaban J connectivity index is 1.91. The number of benzene rings is 1. The molecule has 0 radical (unpaired) electrons. The Morgan fingerprint density at radius 3 is 2.86 bits per heavy atom. The molecule has 0 aliphatic heterocycles. The predicted octanol–water partition coefficient (Wildman–Crippen LogP) is 2.06. The van der Waals surface area contributed by atoms with Gasteiger partial charge in [0.2, 0.25) is 5.91 Å². The van der Waals surface area contributed by atoms with Gasteiger partial charge < -0.3 is 15.1 Å². The summed E-state index contributed by atoms with van der Waals surface area (Å²) in [7, 11) is 0. The average Bonchev–Trinajstić information content (AvgIpc) is 2.96. The fourth-order valence-electron chi connectivity index (χ4n) is 1.65. The van der Waals surface area contributed by atoms with Gasteiger partial charge in [-0.1, -0.05) is 0 Å². The number of nitrogens with zero attached hydrogens (tertiary/aromatic N) is 1. The highest BCUT2D eigenvalue weighted by Crippen LogP contribution is 2.24. The van der Waals surface area contributed by atoms with Crippen molar-refractivity contribution in [2.75, 3.05) is 11.9 Å². The smallest absolute Gasteiger partial charge is 0.292 e. The van der Waals surface area contributed by atoms with Crippen LogP contribution in [0.3, 0.4) is 0 Å². The van der Waals surface area contributed by atoms with Crippen LogP contribution in [-0.2, 0) is 11.3 Å². The van der Waals surface area contributed by atoms with Gasteiger partial charge in [-0.05, 0) is 18.2 Å². The quantitative estimate of drug-likeness (QED) is 0.627. The second-order valence-corrected chi connectivity index (χ2v) is 4.13. The third kappa shape index (κ3) is 4.03. The van der Waals surface area contributed by atoms with Crippen LogP contribution >= 0.6 is 0 Å². The fraction of sp³-hybridized carbons (Fsp3) is 0.154. The van der Waals surface area contributed by atoms with Gasteiger partial charge in [0, 0.05) is 12.1 Å². The molecule has 1 amide bonds. The Labute approximate surface area is 118 Å². The molecule has 0 aliphatic carbocycles. The summed E-state index contributed by atoms with van der Waals surface area (Å²) < 4.78 is 18.1. The van der Waals surface area contributed by atoms with E-state index >= 15 is 0 Å². The van der Waals surface area contributed by atoms with Crippen LogP contribution in [0.5, 0.6) is 0 Å². The van der Waals surface area contributed by atoms with Crippen LogP contribution in [0.15, 0.2) is 41.0 Å². The molecule has 8 heteroatoms. The highest BCUT2D eigenvalue weighted by atomic mass is 19.1. The van der Waals surface area contributed by atoms with Gasteiger partial charge in [-0.15, -0.1) is 0 Å². The number of nitro benzene ring substituents is 1. The van der Waals surface area contributed by atoms with E-state index < -0.39 is 16.6 Å². The van der Waals surface area contributed by atoms with Crippen LogP contribution in [0.25, 0.3) is 0 Å². The maximum absolute atomic E-state index is 13.1. The molecule has 2 aromatic rings. The van der Waals surface area contributed by atoms with E-state index in [4.69, 9.17) is 4.42 Å². The van der Waals surface area contributed by atoms with Crippen LogP contribution in [0.4, 0.5) is 15.8 Å². The first-order valence-corrected chi connectivity index (χ1v) is 6.03. The predicted molar refractivity (Wildman–Crippen MR) is 72.1 cm³/mol. The minimum Gasteiger partial charge on any atom is -0.467 e. The Bertz CT molecular complexity index is 643. The highest BCUT2D eigenvalue weighted by Gasteiger charge is 2.15. The molecule has 0 unspecified atom stereocenters. The maximum atomic E-state index is 13.1. The van der Waals surface area contributed by atoms with Gasteiger partial charge in [0.15, 0.2) is 0 Å². The van der Waals surface area contributed by atoms with Crippen molar-refractivity contribution in [1.29, 1.82) is 0 Å². The van der Waals surface area contributed by atoms with Gasteiger partial charge in [0.25, 0.3) is 5.69 Å². The summed E-state index contributed by atoms with van der Waals surface area (Å²) in [5.74, 6) is -0.441. The van der Waals surface area contributed by atoms with Crippen molar-refractivity contribution < 1.29 is 18.5 Å². The standard InChI is InChI=1S/C13H12FN3O4/c14-9-3-4-12(17(19)20)11(6-9)15-8-13(18)16-7-10-2-1-5-21-10/h1-6,15H,7-8H2,(H,16,18). The number of rotatable bonds is 6. The molecule has 110 valence electrons. The molecule has 0 spiro atoms. The first-order valence-electron chi connectivity index (χ1n) is 6.03. The highest BCUT2D eigenvalue weighted by molar-refractivity contribution is 5.81. The molecule has 2 N–H and O–H groups in total. The lowest BCUT2D eigenvalue weighted by molar-refractivity contribution is -0.384. The maximum Gasteiger partial charge on any atom is 0.292 e. The van der Waals surface area contributed by atoms with Crippen molar-refractivity contribution in [1.82, 2.24) is 5.32 Å². The number of amides is 1. The van der Waals surface area contributed by atoms with E-state index in [1.807, 2.05) is 0 Å². The van der Waals surface area contributed by atoms with Gasteiger partial charge >= 0.3 is 0 Å². The van der Waals surface area contributed by atoms with Crippen LogP contribution in [0, 0.1) is 15.9 Å². The number of nitrogens with one attached hydrogen (secondary N) is 2. The summed E-state index contributed by atoms with van der Waals surface area (Å²) in [4.78, 5) is 21.7. The molecule has 1 aromatic heterocycles. The van der Waals surface area contributed by atoms with Crippen molar-refractivity contribution in [3.63, 3.8) is 0 Å². The normalized spacial score (nSPS) is 10.1. The van der Waals surface area contributed by atoms with Gasteiger partial charge in [-0.2, -0.15) is 0 Å². The lowest BCUT2D eigenvalue weighted by atomic mass is 10.2. The zero-order valence-electron chi connectivity index (χ0n) is 10.8. The molecule has 0 atom stereocenters. The number of nitro groups is 1.